The number of hydrogen-bond acceptors (Lipinski definition) is 1. The van der Waals surface area contributed by atoms with E-state index in [1.165, 1.54) is 11.1 Å². The van der Waals surface area contributed by atoms with Gasteiger partial charge in [-0.15, -0.1) is 0 Å². The largest absolute Gasteiger partial charge is 0.412 e. The molecule has 0 bridgehead atoms. The van der Waals surface area contributed by atoms with Crippen LogP contribution in [0.3, 0.4) is 0 Å². The molecule has 0 aliphatic rings. The molecule has 0 aliphatic carbocycles. The molecule has 0 saturated heterocycles. The quantitative estimate of drug-likeness (QED) is 0.665. The van der Waals surface area contributed by atoms with Gasteiger partial charge in [0.05, 0.1) is 6.10 Å². The van der Waals surface area contributed by atoms with Crippen molar-refractivity contribution in [1.29, 1.82) is 0 Å². The number of hydrogen-bond donors (Lipinski definition) is 0. The standard InChI is InChI=1S/C11H15OSi/c1-3-6-11(12-13)10-8-5-4-7-9(10)2/h4-5,7-8,11H,3,6H2,1-2H3. The second kappa shape index (κ2) is 5.20. The van der Waals surface area contributed by atoms with Crippen LogP contribution in [-0.2, 0) is 4.43 Å². The molecule has 13 heavy (non-hydrogen) atoms. The van der Waals surface area contributed by atoms with Gasteiger partial charge in [0.15, 0.2) is 0 Å². The fourth-order valence-electron chi connectivity index (χ4n) is 1.49. The third-order valence-electron chi connectivity index (χ3n) is 2.23. The number of benzene rings is 1. The van der Waals surface area contributed by atoms with Crippen LogP contribution in [0.2, 0.25) is 0 Å². The second-order valence-corrected chi connectivity index (χ2v) is 3.49. The lowest BCUT2D eigenvalue weighted by Gasteiger charge is -2.17. The Morgan fingerprint density at radius 3 is 2.62 bits per heavy atom. The van der Waals surface area contributed by atoms with Gasteiger partial charge in [0, 0.05) is 0 Å². The minimum Gasteiger partial charge on any atom is -0.412 e. The van der Waals surface area contributed by atoms with Gasteiger partial charge in [-0.3, -0.25) is 0 Å². The molecule has 1 aromatic carbocycles. The molecule has 0 aromatic heterocycles. The molecule has 0 N–H and O–H groups in total. The van der Waals surface area contributed by atoms with Crippen LogP contribution in [0.4, 0.5) is 0 Å². The Morgan fingerprint density at radius 2 is 2.08 bits per heavy atom. The predicted octanol–water partition coefficient (Wildman–Crippen LogP) is 2.94. The van der Waals surface area contributed by atoms with Crippen molar-refractivity contribution < 1.29 is 4.43 Å². The third kappa shape index (κ3) is 2.67. The molecular formula is C11H15OSi. The molecule has 0 saturated carbocycles. The van der Waals surface area contributed by atoms with Crippen LogP contribution in [0.5, 0.6) is 0 Å². The summed E-state index contributed by atoms with van der Waals surface area (Å²) in [5.74, 6) is 0. The fourth-order valence-corrected chi connectivity index (χ4v) is 1.73. The van der Waals surface area contributed by atoms with E-state index in [9.17, 15) is 0 Å². The van der Waals surface area contributed by atoms with Crippen molar-refractivity contribution >= 4 is 10.5 Å². The summed E-state index contributed by atoms with van der Waals surface area (Å²) in [4.78, 5) is 0. The minimum atomic E-state index is 0.183. The number of aryl methyl sites for hydroxylation is 1. The summed E-state index contributed by atoms with van der Waals surface area (Å²) in [5.41, 5.74) is 2.57. The average Bonchev–Trinajstić information content (AvgIpc) is 2.16. The Kier molecular flexibility index (Phi) is 4.19. The molecule has 0 amide bonds. The molecule has 0 spiro atoms. The molecule has 0 fully saturated rings. The Morgan fingerprint density at radius 1 is 1.38 bits per heavy atom. The molecule has 1 nitrogen and oxygen atoms in total. The first-order chi connectivity index (χ1) is 6.29. The first kappa shape index (κ1) is 10.5. The molecule has 2 heteroatoms. The lowest BCUT2D eigenvalue weighted by Crippen LogP contribution is -2.03. The van der Waals surface area contributed by atoms with Crippen LogP contribution < -0.4 is 0 Å². The maximum Gasteiger partial charge on any atom is 0.247 e. The highest BCUT2D eigenvalue weighted by atomic mass is 28.2. The van der Waals surface area contributed by atoms with E-state index in [2.05, 4.69) is 48.6 Å². The van der Waals surface area contributed by atoms with Gasteiger partial charge in [0.2, 0.25) is 10.5 Å². The third-order valence-corrected chi connectivity index (χ3v) is 2.51. The molecule has 0 heterocycles. The molecule has 1 atom stereocenters. The zero-order valence-electron chi connectivity index (χ0n) is 8.21. The molecule has 1 unspecified atom stereocenters. The van der Waals surface area contributed by atoms with Gasteiger partial charge in [-0.05, 0) is 24.5 Å². The summed E-state index contributed by atoms with van der Waals surface area (Å²) in [6.45, 7) is 4.28. The van der Waals surface area contributed by atoms with Crippen molar-refractivity contribution in [3.63, 3.8) is 0 Å². The van der Waals surface area contributed by atoms with Crippen molar-refractivity contribution in [2.45, 2.75) is 32.8 Å². The Balaban J connectivity index is 2.84. The van der Waals surface area contributed by atoms with Gasteiger partial charge in [0.25, 0.3) is 0 Å². The SMILES string of the molecule is CCCC(O[Si])c1ccccc1C. The van der Waals surface area contributed by atoms with Gasteiger partial charge in [-0.25, -0.2) is 0 Å². The highest BCUT2D eigenvalue weighted by Crippen LogP contribution is 2.24. The molecular weight excluding hydrogens is 176 g/mol. The summed E-state index contributed by atoms with van der Waals surface area (Å²) in [6.07, 6.45) is 2.36. The number of rotatable bonds is 4. The topological polar surface area (TPSA) is 9.23 Å². The summed E-state index contributed by atoms with van der Waals surface area (Å²) < 4.78 is 5.26. The summed E-state index contributed by atoms with van der Waals surface area (Å²) in [6, 6.07) is 8.34. The van der Waals surface area contributed by atoms with E-state index in [1.807, 2.05) is 0 Å². The summed E-state index contributed by atoms with van der Waals surface area (Å²) >= 11 is 0. The zero-order valence-corrected chi connectivity index (χ0v) is 9.21. The van der Waals surface area contributed by atoms with Crippen molar-refractivity contribution in [1.82, 2.24) is 0 Å². The lowest BCUT2D eigenvalue weighted by molar-refractivity contribution is 0.213. The maximum absolute atomic E-state index is 5.26. The van der Waals surface area contributed by atoms with E-state index in [1.54, 1.807) is 0 Å². The monoisotopic (exact) mass is 191 g/mol. The van der Waals surface area contributed by atoms with E-state index in [0.29, 0.717) is 0 Å². The maximum atomic E-state index is 5.26. The van der Waals surface area contributed by atoms with Crippen LogP contribution in [0, 0.1) is 6.92 Å². The van der Waals surface area contributed by atoms with Crippen LogP contribution in [-0.4, -0.2) is 10.5 Å². The van der Waals surface area contributed by atoms with Crippen LogP contribution in [0.15, 0.2) is 24.3 Å². The van der Waals surface area contributed by atoms with Crippen molar-refractivity contribution in [2.75, 3.05) is 0 Å². The highest BCUT2D eigenvalue weighted by Gasteiger charge is 2.10. The van der Waals surface area contributed by atoms with E-state index >= 15 is 0 Å². The van der Waals surface area contributed by atoms with E-state index < -0.39 is 0 Å². The van der Waals surface area contributed by atoms with Gasteiger partial charge in [-0.2, -0.15) is 0 Å². The Hall–Kier alpha value is -0.603. The summed E-state index contributed by atoms with van der Waals surface area (Å²) in [5, 5.41) is 0. The smallest absolute Gasteiger partial charge is 0.247 e. The lowest BCUT2D eigenvalue weighted by atomic mass is 10.0. The summed E-state index contributed by atoms with van der Waals surface area (Å²) in [7, 11) is 3.14. The second-order valence-electron chi connectivity index (χ2n) is 3.25. The normalized spacial score (nSPS) is 12.8. The first-order valence-corrected chi connectivity index (χ1v) is 5.08. The van der Waals surface area contributed by atoms with Crippen LogP contribution >= 0.6 is 0 Å². The van der Waals surface area contributed by atoms with E-state index in [4.69, 9.17) is 4.43 Å². The average molecular weight is 191 g/mol. The van der Waals surface area contributed by atoms with E-state index in [-0.39, 0.29) is 6.10 Å². The Labute approximate surface area is 83.7 Å². The van der Waals surface area contributed by atoms with Gasteiger partial charge in [-0.1, -0.05) is 37.6 Å². The van der Waals surface area contributed by atoms with Crippen LogP contribution in [0.25, 0.3) is 0 Å². The minimum absolute atomic E-state index is 0.183. The molecule has 1 aromatic rings. The van der Waals surface area contributed by atoms with E-state index in [0.717, 1.165) is 12.8 Å². The zero-order chi connectivity index (χ0) is 9.68. The van der Waals surface area contributed by atoms with Crippen LogP contribution in [0.1, 0.15) is 37.0 Å². The molecule has 0 aliphatic heterocycles. The molecule has 69 valence electrons. The van der Waals surface area contributed by atoms with Crippen molar-refractivity contribution in [2.24, 2.45) is 0 Å². The van der Waals surface area contributed by atoms with Crippen molar-refractivity contribution in [3.05, 3.63) is 35.4 Å². The highest BCUT2D eigenvalue weighted by molar-refractivity contribution is 5.98. The van der Waals surface area contributed by atoms with Gasteiger partial charge in [0.1, 0.15) is 0 Å². The molecule has 1 rings (SSSR count). The fraction of sp³-hybridized carbons (Fsp3) is 0.455. The first-order valence-electron chi connectivity index (χ1n) is 4.67. The van der Waals surface area contributed by atoms with Crippen molar-refractivity contribution in [3.8, 4) is 0 Å². The predicted molar refractivity (Wildman–Crippen MR) is 55.7 cm³/mol. The van der Waals surface area contributed by atoms with Gasteiger partial charge >= 0.3 is 0 Å². The molecule has 3 radical (unpaired) electrons. The Bertz CT molecular complexity index is 260. The van der Waals surface area contributed by atoms with Gasteiger partial charge < -0.3 is 4.43 Å².